The maximum Gasteiger partial charge on any atom is 0.513 e. The van der Waals surface area contributed by atoms with E-state index < -0.39 is 42.5 Å². The van der Waals surface area contributed by atoms with E-state index in [9.17, 15) is 24.3 Å². The van der Waals surface area contributed by atoms with Crippen LogP contribution in [0.3, 0.4) is 0 Å². The van der Waals surface area contributed by atoms with Crippen molar-refractivity contribution in [3.05, 3.63) is 23.8 Å². The Morgan fingerprint density at radius 3 is 1.85 bits per heavy atom. The van der Waals surface area contributed by atoms with Gasteiger partial charge in [0.25, 0.3) is 0 Å². The molecule has 12 heteroatoms. The summed E-state index contributed by atoms with van der Waals surface area (Å²) in [5.74, 6) is -1.93. The highest BCUT2D eigenvalue weighted by atomic mass is 16.7. The Morgan fingerprint density at radius 2 is 1.34 bits per heavy atom. The molecular formula is C29H45NO11. The van der Waals surface area contributed by atoms with Crippen molar-refractivity contribution < 1.29 is 52.7 Å². The van der Waals surface area contributed by atoms with Crippen molar-refractivity contribution in [2.24, 2.45) is 17.6 Å². The van der Waals surface area contributed by atoms with E-state index in [4.69, 9.17) is 34.2 Å². The second kappa shape index (κ2) is 18.7. The summed E-state index contributed by atoms with van der Waals surface area (Å²) in [5.41, 5.74) is 6.34. The lowest BCUT2D eigenvalue weighted by Gasteiger charge is -2.25. The lowest BCUT2D eigenvalue weighted by atomic mass is 9.87. The molecule has 0 aliphatic carbocycles. The highest BCUT2D eigenvalue weighted by Gasteiger charge is 2.30. The number of carboxylic acids is 1. The Labute approximate surface area is 241 Å². The fraction of sp³-hybridized carbons (Fsp3) is 0.655. The second-order valence-corrected chi connectivity index (χ2v) is 10.6. The Hall–Kier alpha value is -3.54. The highest BCUT2D eigenvalue weighted by Crippen LogP contribution is 2.35. The third-order valence-electron chi connectivity index (χ3n) is 5.93. The van der Waals surface area contributed by atoms with Crippen LogP contribution >= 0.6 is 0 Å². The molecule has 2 unspecified atom stereocenters. The first-order valence-corrected chi connectivity index (χ1v) is 14.0. The molecule has 1 aromatic carbocycles. The van der Waals surface area contributed by atoms with E-state index in [1.165, 1.54) is 18.2 Å². The standard InChI is InChI=1S/C29H45NO11/c1-7-8-13-36-27(33)39-20(6)16-22(25(30)26(31)32)21-9-10-23(40-28(34)37-14-11-18(2)3)24(17-21)41-29(35)38-15-12-19(4)5/h9-10,17-20,22,25H,7-8,11-16,30H2,1-6H3,(H,31,32)/t20?,22?,25-/m0/s1. The molecule has 1 aromatic rings. The van der Waals surface area contributed by atoms with Crippen LogP contribution in [0.5, 0.6) is 11.5 Å². The van der Waals surface area contributed by atoms with Gasteiger partial charge in [0.15, 0.2) is 11.5 Å². The zero-order valence-corrected chi connectivity index (χ0v) is 24.9. The van der Waals surface area contributed by atoms with Crippen molar-refractivity contribution in [2.45, 2.75) is 91.7 Å². The van der Waals surface area contributed by atoms with Crippen LogP contribution in [0.25, 0.3) is 0 Å². The largest absolute Gasteiger partial charge is 0.513 e. The SMILES string of the molecule is CCCCOC(=O)OC(C)CC(c1ccc(OC(=O)OCCC(C)C)c(OC(=O)OCCC(C)C)c1)[C@H](N)C(=O)O. The van der Waals surface area contributed by atoms with Gasteiger partial charge < -0.3 is 39.3 Å². The predicted molar refractivity (Wildman–Crippen MR) is 149 cm³/mol. The molecule has 0 fully saturated rings. The second-order valence-electron chi connectivity index (χ2n) is 10.6. The third-order valence-corrected chi connectivity index (χ3v) is 5.93. The van der Waals surface area contributed by atoms with Crippen molar-refractivity contribution in [3.63, 3.8) is 0 Å². The minimum absolute atomic E-state index is 0.00602. The lowest BCUT2D eigenvalue weighted by Crippen LogP contribution is -2.38. The first-order chi connectivity index (χ1) is 19.3. The van der Waals surface area contributed by atoms with Crippen LogP contribution in [0.2, 0.25) is 0 Å². The zero-order valence-electron chi connectivity index (χ0n) is 24.9. The van der Waals surface area contributed by atoms with E-state index in [0.29, 0.717) is 30.7 Å². The van der Waals surface area contributed by atoms with Gasteiger partial charge in [-0.05, 0) is 62.1 Å². The van der Waals surface area contributed by atoms with Gasteiger partial charge in [0.05, 0.1) is 19.8 Å². The van der Waals surface area contributed by atoms with E-state index in [1.54, 1.807) is 6.92 Å². The molecular weight excluding hydrogens is 538 g/mol. The molecule has 0 heterocycles. The van der Waals surface area contributed by atoms with Crippen LogP contribution in [0.1, 0.15) is 85.1 Å². The van der Waals surface area contributed by atoms with Crippen LogP contribution in [0.15, 0.2) is 18.2 Å². The molecule has 0 saturated heterocycles. The maximum absolute atomic E-state index is 12.4. The van der Waals surface area contributed by atoms with Gasteiger partial charge in [-0.1, -0.05) is 47.1 Å². The number of hydrogen-bond acceptors (Lipinski definition) is 11. The Kier molecular flexibility index (Phi) is 16.2. The monoisotopic (exact) mass is 583 g/mol. The number of rotatable bonds is 17. The smallest absolute Gasteiger partial charge is 0.480 e. The summed E-state index contributed by atoms with van der Waals surface area (Å²) < 4.78 is 31.1. The van der Waals surface area contributed by atoms with E-state index in [2.05, 4.69) is 0 Å². The van der Waals surface area contributed by atoms with Crippen LogP contribution < -0.4 is 15.2 Å². The zero-order chi connectivity index (χ0) is 30.9. The van der Waals surface area contributed by atoms with Gasteiger partial charge in [0.1, 0.15) is 12.1 Å². The van der Waals surface area contributed by atoms with Crippen molar-refractivity contribution in [3.8, 4) is 11.5 Å². The average Bonchev–Trinajstić information content (AvgIpc) is 2.87. The number of carbonyl (C=O) groups is 4. The van der Waals surface area contributed by atoms with Crippen LogP contribution in [0, 0.1) is 11.8 Å². The molecule has 1 rings (SSSR count). The molecule has 41 heavy (non-hydrogen) atoms. The van der Waals surface area contributed by atoms with Gasteiger partial charge in [0, 0.05) is 5.92 Å². The van der Waals surface area contributed by atoms with Gasteiger partial charge in [-0.15, -0.1) is 0 Å². The molecule has 12 nitrogen and oxygen atoms in total. The quantitative estimate of drug-likeness (QED) is 0.0945. The normalized spacial score (nSPS) is 13.2. The maximum atomic E-state index is 12.4. The molecule has 0 aliphatic rings. The average molecular weight is 584 g/mol. The number of unbranched alkanes of at least 4 members (excludes halogenated alkanes) is 1. The number of nitrogens with two attached hydrogens (primary N) is 1. The topological polar surface area (TPSA) is 170 Å². The predicted octanol–water partition coefficient (Wildman–Crippen LogP) is 6.04. The van der Waals surface area contributed by atoms with Gasteiger partial charge in [0.2, 0.25) is 0 Å². The Morgan fingerprint density at radius 1 is 0.805 bits per heavy atom. The fourth-order valence-electron chi connectivity index (χ4n) is 3.48. The summed E-state index contributed by atoms with van der Waals surface area (Å²) in [7, 11) is 0. The van der Waals surface area contributed by atoms with Crippen LogP contribution in [0.4, 0.5) is 14.4 Å². The first kappa shape index (κ1) is 35.5. The molecule has 0 amide bonds. The number of aliphatic carboxylic acids is 1. The number of carbonyl (C=O) groups excluding carboxylic acids is 3. The molecule has 3 atom stereocenters. The van der Waals surface area contributed by atoms with E-state index in [0.717, 1.165) is 6.42 Å². The van der Waals surface area contributed by atoms with E-state index in [-0.39, 0.29) is 43.7 Å². The van der Waals surface area contributed by atoms with Gasteiger partial charge >= 0.3 is 24.4 Å². The van der Waals surface area contributed by atoms with Gasteiger partial charge in [-0.25, -0.2) is 14.4 Å². The summed E-state index contributed by atoms with van der Waals surface area (Å²) in [6, 6.07) is 2.74. The fourth-order valence-corrected chi connectivity index (χ4v) is 3.48. The highest BCUT2D eigenvalue weighted by molar-refractivity contribution is 5.75. The van der Waals surface area contributed by atoms with Crippen molar-refractivity contribution in [2.75, 3.05) is 19.8 Å². The molecule has 0 spiro atoms. The van der Waals surface area contributed by atoms with Crippen molar-refractivity contribution in [1.29, 1.82) is 0 Å². The van der Waals surface area contributed by atoms with E-state index >= 15 is 0 Å². The summed E-state index contributed by atoms with van der Waals surface area (Å²) in [6.45, 7) is 11.9. The van der Waals surface area contributed by atoms with Crippen molar-refractivity contribution in [1.82, 2.24) is 0 Å². The van der Waals surface area contributed by atoms with Gasteiger partial charge in [-0.3, -0.25) is 4.79 Å². The minimum Gasteiger partial charge on any atom is -0.480 e. The number of carboxylic acid groups (broad SMARTS) is 1. The number of hydrogen-bond donors (Lipinski definition) is 2. The van der Waals surface area contributed by atoms with Crippen LogP contribution in [-0.4, -0.2) is 61.5 Å². The van der Waals surface area contributed by atoms with Gasteiger partial charge in [-0.2, -0.15) is 0 Å². The molecule has 3 N–H and O–H groups in total. The van der Waals surface area contributed by atoms with Crippen molar-refractivity contribution >= 4 is 24.4 Å². The Balaban J connectivity index is 3.21. The number of benzene rings is 1. The summed E-state index contributed by atoms with van der Waals surface area (Å²) in [5, 5.41) is 9.65. The lowest BCUT2D eigenvalue weighted by molar-refractivity contribution is -0.139. The third kappa shape index (κ3) is 14.6. The minimum atomic E-state index is -1.41. The molecule has 0 radical (unpaired) electrons. The molecule has 0 saturated carbocycles. The molecule has 0 aromatic heterocycles. The number of ether oxygens (including phenoxy) is 6. The summed E-state index contributed by atoms with van der Waals surface area (Å²) in [6.07, 6.45) is -0.924. The Bertz CT molecular complexity index is 980. The summed E-state index contributed by atoms with van der Waals surface area (Å²) in [4.78, 5) is 48.5. The summed E-state index contributed by atoms with van der Waals surface area (Å²) >= 11 is 0. The molecule has 0 bridgehead atoms. The van der Waals surface area contributed by atoms with Crippen LogP contribution in [-0.2, 0) is 23.7 Å². The molecule has 232 valence electrons. The van der Waals surface area contributed by atoms with E-state index in [1.807, 2.05) is 34.6 Å². The first-order valence-electron chi connectivity index (χ1n) is 14.0. The molecule has 0 aliphatic heterocycles.